The maximum Gasteiger partial charge on any atom is 0.264 e. The van der Waals surface area contributed by atoms with E-state index in [0.29, 0.717) is 11.2 Å². The first kappa shape index (κ1) is 13.4. The molecule has 0 amide bonds. The standard InChI is InChI=1S/C19H13N3O/c23-19-17(14-8-11-20-12-9-14)13-15-5-4-10-21-18(15)22(19)16-6-2-1-3-7-16/h1-13H. The van der Waals surface area contributed by atoms with E-state index >= 15 is 0 Å². The molecule has 0 radical (unpaired) electrons. The summed E-state index contributed by atoms with van der Waals surface area (Å²) in [5, 5.41) is 0.919. The van der Waals surface area contributed by atoms with Crippen LogP contribution in [0.25, 0.3) is 27.8 Å². The van der Waals surface area contributed by atoms with Crippen LogP contribution in [-0.2, 0) is 0 Å². The highest BCUT2D eigenvalue weighted by Gasteiger charge is 2.12. The molecule has 0 saturated heterocycles. The fourth-order valence-electron chi connectivity index (χ4n) is 2.70. The van der Waals surface area contributed by atoms with Crippen LogP contribution in [0.2, 0.25) is 0 Å². The van der Waals surface area contributed by atoms with Crippen molar-refractivity contribution >= 4 is 11.0 Å². The van der Waals surface area contributed by atoms with Gasteiger partial charge in [0.1, 0.15) is 5.65 Å². The highest BCUT2D eigenvalue weighted by Crippen LogP contribution is 2.21. The summed E-state index contributed by atoms with van der Waals surface area (Å²) < 4.78 is 1.66. The molecule has 0 aliphatic rings. The Kier molecular flexibility index (Phi) is 3.20. The Bertz CT molecular complexity index is 1020. The van der Waals surface area contributed by atoms with Crippen molar-refractivity contribution in [2.75, 3.05) is 0 Å². The molecule has 1 aromatic carbocycles. The molecule has 4 rings (SSSR count). The number of hydrogen-bond donors (Lipinski definition) is 0. The Morgan fingerprint density at radius 2 is 1.61 bits per heavy atom. The number of benzene rings is 1. The van der Waals surface area contributed by atoms with Crippen molar-refractivity contribution in [1.82, 2.24) is 14.5 Å². The van der Waals surface area contributed by atoms with Gasteiger partial charge in [-0.2, -0.15) is 0 Å². The third kappa shape index (κ3) is 2.30. The first-order valence-electron chi connectivity index (χ1n) is 7.31. The van der Waals surface area contributed by atoms with E-state index in [1.807, 2.05) is 60.7 Å². The van der Waals surface area contributed by atoms with Crippen molar-refractivity contribution in [2.24, 2.45) is 0 Å². The van der Waals surface area contributed by atoms with Crippen LogP contribution >= 0.6 is 0 Å². The van der Waals surface area contributed by atoms with Crippen molar-refractivity contribution in [3.63, 3.8) is 0 Å². The first-order valence-corrected chi connectivity index (χ1v) is 7.31. The van der Waals surface area contributed by atoms with E-state index in [4.69, 9.17) is 0 Å². The first-order chi connectivity index (χ1) is 11.3. The molecule has 0 N–H and O–H groups in total. The second-order valence-electron chi connectivity index (χ2n) is 5.19. The predicted molar refractivity (Wildman–Crippen MR) is 90.6 cm³/mol. The van der Waals surface area contributed by atoms with Crippen LogP contribution in [0.5, 0.6) is 0 Å². The van der Waals surface area contributed by atoms with Gasteiger partial charge in [-0.25, -0.2) is 4.98 Å². The summed E-state index contributed by atoms with van der Waals surface area (Å²) in [5.41, 5.74) is 2.85. The van der Waals surface area contributed by atoms with Gasteiger partial charge in [0.15, 0.2) is 0 Å². The summed E-state index contributed by atoms with van der Waals surface area (Å²) in [6.07, 6.45) is 5.08. The number of aromatic nitrogens is 3. The maximum atomic E-state index is 13.1. The number of nitrogens with zero attached hydrogens (tertiary/aromatic N) is 3. The van der Waals surface area contributed by atoms with E-state index in [-0.39, 0.29) is 5.56 Å². The van der Waals surface area contributed by atoms with Crippen LogP contribution in [0.3, 0.4) is 0 Å². The summed E-state index contributed by atoms with van der Waals surface area (Å²) >= 11 is 0. The lowest BCUT2D eigenvalue weighted by Gasteiger charge is -2.12. The van der Waals surface area contributed by atoms with Crippen LogP contribution in [-0.4, -0.2) is 14.5 Å². The SMILES string of the molecule is O=c1c(-c2ccncc2)cc2cccnc2n1-c1ccccc1. The maximum absolute atomic E-state index is 13.1. The van der Waals surface area contributed by atoms with Gasteiger partial charge in [-0.3, -0.25) is 14.3 Å². The fourth-order valence-corrected chi connectivity index (χ4v) is 2.70. The van der Waals surface area contributed by atoms with Gasteiger partial charge >= 0.3 is 0 Å². The van der Waals surface area contributed by atoms with Gasteiger partial charge in [0.25, 0.3) is 5.56 Å². The number of para-hydroxylation sites is 1. The zero-order valence-corrected chi connectivity index (χ0v) is 12.3. The largest absolute Gasteiger partial charge is 0.268 e. The Balaban J connectivity index is 2.12. The molecule has 0 fully saturated rings. The normalized spacial score (nSPS) is 10.8. The van der Waals surface area contributed by atoms with E-state index in [9.17, 15) is 4.79 Å². The number of pyridine rings is 3. The average molecular weight is 299 g/mol. The third-order valence-electron chi connectivity index (χ3n) is 3.77. The van der Waals surface area contributed by atoms with Crippen LogP contribution in [0, 0.1) is 0 Å². The van der Waals surface area contributed by atoms with Crippen molar-refractivity contribution in [1.29, 1.82) is 0 Å². The molecule has 4 nitrogen and oxygen atoms in total. The van der Waals surface area contributed by atoms with E-state index in [2.05, 4.69) is 9.97 Å². The molecule has 0 unspecified atom stereocenters. The van der Waals surface area contributed by atoms with Crippen molar-refractivity contribution in [3.05, 3.63) is 89.6 Å². The molecule has 0 spiro atoms. The minimum absolute atomic E-state index is 0.0893. The highest BCUT2D eigenvalue weighted by atomic mass is 16.1. The summed E-state index contributed by atoms with van der Waals surface area (Å²) in [6, 6.07) is 19.0. The molecule has 0 aliphatic heterocycles. The number of fused-ring (bicyclic) bond motifs is 1. The summed E-state index contributed by atoms with van der Waals surface area (Å²) in [5.74, 6) is 0. The molecule has 3 aromatic heterocycles. The van der Waals surface area contributed by atoms with Gasteiger partial charge < -0.3 is 0 Å². The average Bonchev–Trinajstić information content (AvgIpc) is 2.63. The van der Waals surface area contributed by atoms with Gasteiger partial charge in [-0.05, 0) is 48.0 Å². The fraction of sp³-hybridized carbons (Fsp3) is 0. The van der Waals surface area contributed by atoms with E-state index in [1.165, 1.54) is 0 Å². The molecular weight excluding hydrogens is 286 g/mol. The summed E-state index contributed by atoms with van der Waals surface area (Å²) in [6.45, 7) is 0. The minimum Gasteiger partial charge on any atom is -0.268 e. The Morgan fingerprint density at radius 1 is 0.826 bits per heavy atom. The van der Waals surface area contributed by atoms with Gasteiger partial charge in [0.05, 0.1) is 5.69 Å². The van der Waals surface area contributed by atoms with Crippen molar-refractivity contribution < 1.29 is 0 Å². The molecule has 110 valence electrons. The highest BCUT2D eigenvalue weighted by molar-refractivity contribution is 5.82. The number of hydrogen-bond acceptors (Lipinski definition) is 3. The molecule has 4 heteroatoms. The monoisotopic (exact) mass is 299 g/mol. The van der Waals surface area contributed by atoms with E-state index in [0.717, 1.165) is 16.6 Å². The third-order valence-corrected chi connectivity index (χ3v) is 3.77. The van der Waals surface area contributed by atoms with Gasteiger partial charge in [-0.1, -0.05) is 18.2 Å². The molecule has 0 aliphatic carbocycles. The molecule has 0 saturated carbocycles. The smallest absolute Gasteiger partial charge is 0.264 e. The van der Waals surface area contributed by atoms with Crippen molar-refractivity contribution in [2.45, 2.75) is 0 Å². The summed E-state index contributed by atoms with van der Waals surface area (Å²) in [4.78, 5) is 21.5. The Labute approximate surface area is 132 Å². The Hall–Kier alpha value is -3.27. The molecule has 23 heavy (non-hydrogen) atoms. The van der Waals surface area contributed by atoms with E-state index < -0.39 is 0 Å². The number of rotatable bonds is 2. The van der Waals surface area contributed by atoms with Crippen LogP contribution in [0.4, 0.5) is 0 Å². The second-order valence-corrected chi connectivity index (χ2v) is 5.19. The lowest BCUT2D eigenvalue weighted by atomic mass is 10.1. The predicted octanol–water partition coefficient (Wildman–Crippen LogP) is 3.45. The Morgan fingerprint density at radius 3 is 2.39 bits per heavy atom. The second kappa shape index (κ2) is 5.50. The topological polar surface area (TPSA) is 47.8 Å². The minimum atomic E-state index is -0.0893. The van der Waals surface area contributed by atoms with Gasteiger partial charge in [0.2, 0.25) is 0 Å². The van der Waals surface area contributed by atoms with Crippen LogP contribution < -0.4 is 5.56 Å². The van der Waals surface area contributed by atoms with E-state index in [1.54, 1.807) is 23.2 Å². The molecule has 4 aromatic rings. The molecular formula is C19H13N3O. The summed E-state index contributed by atoms with van der Waals surface area (Å²) in [7, 11) is 0. The molecule has 0 bridgehead atoms. The zero-order chi connectivity index (χ0) is 15.6. The lowest BCUT2D eigenvalue weighted by molar-refractivity contribution is 1.02. The van der Waals surface area contributed by atoms with Gasteiger partial charge in [0, 0.05) is 29.5 Å². The van der Waals surface area contributed by atoms with Crippen molar-refractivity contribution in [3.8, 4) is 16.8 Å². The quantitative estimate of drug-likeness (QED) is 0.569. The van der Waals surface area contributed by atoms with Gasteiger partial charge in [-0.15, -0.1) is 0 Å². The molecule has 0 atom stereocenters. The van der Waals surface area contributed by atoms with Crippen LogP contribution in [0.15, 0.2) is 84.0 Å². The zero-order valence-electron chi connectivity index (χ0n) is 12.3. The van der Waals surface area contributed by atoms with Crippen LogP contribution in [0.1, 0.15) is 0 Å². The lowest BCUT2D eigenvalue weighted by Crippen LogP contribution is -2.21. The molecule has 3 heterocycles.